The standard InChI is InChI=1S/C10H14N2.C2H6/c1-7-9-5-3-4-6-10(9)12-8(2)11-7;1-2/h3-6H2,1-2H3;1-2H3. The molecule has 14 heavy (non-hydrogen) atoms. The second-order valence-electron chi connectivity index (χ2n) is 3.49. The number of nitrogens with zero attached hydrogens (tertiary/aromatic N) is 2. The first-order chi connectivity index (χ1) is 6.77. The molecular weight excluding hydrogens is 172 g/mol. The molecule has 0 aromatic carbocycles. The Morgan fingerprint density at radius 2 is 1.57 bits per heavy atom. The van der Waals surface area contributed by atoms with Gasteiger partial charge in [0.05, 0.1) is 0 Å². The quantitative estimate of drug-likeness (QED) is 0.631. The number of aryl methyl sites for hydroxylation is 3. The highest BCUT2D eigenvalue weighted by Gasteiger charge is 2.13. The highest BCUT2D eigenvalue weighted by Crippen LogP contribution is 2.21. The van der Waals surface area contributed by atoms with E-state index in [4.69, 9.17) is 0 Å². The molecular formula is C12H20N2. The van der Waals surface area contributed by atoms with Crippen LogP contribution in [0.4, 0.5) is 0 Å². The van der Waals surface area contributed by atoms with Gasteiger partial charge in [0.2, 0.25) is 0 Å². The minimum Gasteiger partial charge on any atom is -0.238 e. The summed E-state index contributed by atoms with van der Waals surface area (Å²) in [5, 5.41) is 0. The van der Waals surface area contributed by atoms with E-state index in [-0.39, 0.29) is 0 Å². The van der Waals surface area contributed by atoms with Gasteiger partial charge in [0.25, 0.3) is 0 Å². The van der Waals surface area contributed by atoms with Crippen LogP contribution in [-0.4, -0.2) is 9.97 Å². The van der Waals surface area contributed by atoms with Crippen LogP contribution in [0.2, 0.25) is 0 Å². The molecule has 1 aromatic rings. The monoisotopic (exact) mass is 192 g/mol. The van der Waals surface area contributed by atoms with Crippen LogP contribution >= 0.6 is 0 Å². The normalized spacial score (nSPS) is 14.0. The number of hydrogen-bond donors (Lipinski definition) is 0. The molecule has 1 aromatic heterocycles. The van der Waals surface area contributed by atoms with Gasteiger partial charge in [-0.05, 0) is 45.1 Å². The first kappa shape index (κ1) is 11.2. The highest BCUT2D eigenvalue weighted by molar-refractivity contribution is 5.27. The van der Waals surface area contributed by atoms with Gasteiger partial charge in [-0.3, -0.25) is 0 Å². The Kier molecular flexibility index (Phi) is 4.05. The van der Waals surface area contributed by atoms with Gasteiger partial charge in [0, 0.05) is 11.4 Å². The first-order valence-electron chi connectivity index (χ1n) is 5.60. The Morgan fingerprint density at radius 1 is 0.929 bits per heavy atom. The van der Waals surface area contributed by atoms with Crippen LogP contribution in [-0.2, 0) is 12.8 Å². The van der Waals surface area contributed by atoms with Crippen LogP contribution < -0.4 is 0 Å². The van der Waals surface area contributed by atoms with E-state index in [2.05, 4.69) is 16.9 Å². The van der Waals surface area contributed by atoms with Crippen LogP contribution in [0.5, 0.6) is 0 Å². The van der Waals surface area contributed by atoms with Crippen molar-refractivity contribution in [1.82, 2.24) is 9.97 Å². The maximum atomic E-state index is 4.46. The van der Waals surface area contributed by atoms with Crippen LogP contribution in [0.3, 0.4) is 0 Å². The molecule has 0 N–H and O–H groups in total. The molecule has 2 heteroatoms. The van der Waals surface area contributed by atoms with Crippen molar-refractivity contribution in [1.29, 1.82) is 0 Å². The second kappa shape index (κ2) is 5.08. The lowest BCUT2D eigenvalue weighted by Gasteiger charge is -2.16. The Labute approximate surface area is 86.8 Å². The third kappa shape index (κ3) is 2.31. The van der Waals surface area contributed by atoms with Crippen LogP contribution in [0.15, 0.2) is 0 Å². The maximum Gasteiger partial charge on any atom is 0.125 e. The number of rotatable bonds is 0. The molecule has 0 fully saturated rings. The minimum absolute atomic E-state index is 0.924. The predicted molar refractivity (Wildman–Crippen MR) is 59.5 cm³/mol. The van der Waals surface area contributed by atoms with Crippen molar-refractivity contribution in [2.45, 2.75) is 53.4 Å². The summed E-state index contributed by atoms with van der Waals surface area (Å²) in [4.78, 5) is 8.84. The largest absolute Gasteiger partial charge is 0.238 e. The van der Waals surface area contributed by atoms with Crippen molar-refractivity contribution in [2.24, 2.45) is 0 Å². The molecule has 1 aliphatic carbocycles. The zero-order valence-corrected chi connectivity index (χ0v) is 9.72. The molecule has 0 spiro atoms. The molecule has 1 heterocycles. The summed E-state index contributed by atoms with van der Waals surface area (Å²) >= 11 is 0. The smallest absolute Gasteiger partial charge is 0.125 e. The average molecular weight is 192 g/mol. The number of hydrogen-bond acceptors (Lipinski definition) is 2. The van der Waals surface area contributed by atoms with Gasteiger partial charge in [-0.2, -0.15) is 0 Å². The summed E-state index contributed by atoms with van der Waals surface area (Å²) < 4.78 is 0. The minimum atomic E-state index is 0.924. The molecule has 78 valence electrons. The van der Waals surface area contributed by atoms with E-state index in [0.717, 1.165) is 12.2 Å². The first-order valence-corrected chi connectivity index (χ1v) is 5.60. The third-order valence-electron chi connectivity index (χ3n) is 2.50. The maximum absolute atomic E-state index is 4.46. The molecule has 0 radical (unpaired) electrons. The Balaban J connectivity index is 0.000000461. The molecule has 0 saturated carbocycles. The van der Waals surface area contributed by atoms with E-state index in [9.17, 15) is 0 Å². The third-order valence-corrected chi connectivity index (χ3v) is 2.50. The molecule has 0 bridgehead atoms. The Morgan fingerprint density at radius 3 is 2.29 bits per heavy atom. The molecule has 1 aliphatic rings. The summed E-state index contributed by atoms with van der Waals surface area (Å²) in [6.07, 6.45) is 4.93. The fourth-order valence-electron chi connectivity index (χ4n) is 1.93. The Hall–Kier alpha value is -0.920. The molecule has 0 saturated heterocycles. The summed E-state index contributed by atoms with van der Waals surface area (Å²) in [5.41, 5.74) is 3.90. The summed E-state index contributed by atoms with van der Waals surface area (Å²) in [6, 6.07) is 0. The highest BCUT2D eigenvalue weighted by atomic mass is 14.9. The molecule has 2 rings (SSSR count). The molecule has 2 nitrogen and oxygen atoms in total. The van der Waals surface area contributed by atoms with E-state index in [1.807, 2.05) is 20.8 Å². The van der Waals surface area contributed by atoms with Gasteiger partial charge in [-0.15, -0.1) is 0 Å². The van der Waals surface area contributed by atoms with E-state index in [1.54, 1.807) is 0 Å². The van der Waals surface area contributed by atoms with Gasteiger partial charge < -0.3 is 0 Å². The van der Waals surface area contributed by atoms with Crippen molar-refractivity contribution >= 4 is 0 Å². The van der Waals surface area contributed by atoms with Gasteiger partial charge in [0.1, 0.15) is 5.82 Å². The summed E-state index contributed by atoms with van der Waals surface area (Å²) in [7, 11) is 0. The zero-order chi connectivity index (χ0) is 10.6. The fourth-order valence-corrected chi connectivity index (χ4v) is 1.93. The van der Waals surface area contributed by atoms with E-state index in [1.165, 1.54) is 36.2 Å². The van der Waals surface area contributed by atoms with Crippen molar-refractivity contribution in [3.8, 4) is 0 Å². The van der Waals surface area contributed by atoms with Gasteiger partial charge in [-0.1, -0.05) is 13.8 Å². The van der Waals surface area contributed by atoms with Crippen LogP contribution in [0.25, 0.3) is 0 Å². The molecule has 0 atom stereocenters. The average Bonchev–Trinajstić information content (AvgIpc) is 2.20. The second-order valence-corrected chi connectivity index (χ2v) is 3.49. The van der Waals surface area contributed by atoms with E-state index >= 15 is 0 Å². The fraction of sp³-hybridized carbons (Fsp3) is 0.667. The van der Waals surface area contributed by atoms with Crippen molar-refractivity contribution < 1.29 is 0 Å². The predicted octanol–water partition coefficient (Wildman–Crippen LogP) is 3.00. The lowest BCUT2D eigenvalue weighted by atomic mass is 9.95. The van der Waals surface area contributed by atoms with Crippen molar-refractivity contribution in [3.05, 3.63) is 22.8 Å². The number of aromatic nitrogens is 2. The van der Waals surface area contributed by atoms with Gasteiger partial charge in [0.15, 0.2) is 0 Å². The molecule has 0 unspecified atom stereocenters. The topological polar surface area (TPSA) is 25.8 Å². The van der Waals surface area contributed by atoms with E-state index < -0.39 is 0 Å². The van der Waals surface area contributed by atoms with Crippen molar-refractivity contribution in [2.75, 3.05) is 0 Å². The lowest BCUT2D eigenvalue weighted by Crippen LogP contribution is -2.10. The Bertz CT molecular complexity index is 305. The van der Waals surface area contributed by atoms with Gasteiger partial charge in [-0.25, -0.2) is 9.97 Å². The van der Waals surface area contributed by atoms with Crippen LogP contribution in [0.1, 0.15) is 49.5 Å². The SMILES string of the molecule is CC.Cc1nc(C)c2c(n1)CCCC2. The molecule has 0 aliphatic heterocycles. The van der Waals surface area contributed by atoms with Crippen LogP contribution in [0, 0.1) is 13.8 Å². The van der Waals surface area contributed by atoms with Crippen molar-refractivity contribution in [3.63, 3.8) is 0 Å². The summed E-state index contributed by atoms with van der Waals surface area (Å²) in [5.74, 6) is 0.924. The zero-order valence-electron chi connectivity index (χ0n) is 9.72. The van der Waals surface area contributed by atoms with E-state index in [0.29, 0.717) is 0 Å². The lowest BCUT2D eigenvalue weighted by molar-refractivity contribution is 0.652. The molecule has 0 amide bonds. The van der Waals surface area contributed by atoms with Gasteiger partial charge >= 0.3 is 0 Å². The summed E-state index contributed by atoms with van der Waals surface area (Å²) in [6.45, 7) is 8.07. The number of fused-ring (bicyclic) bond motifs is 1.